The van der Waals surface area contributed by atoms with Crippen molar-refractivity contribution in [2.45, 2.75) is 26.3 Å². The van der Waals surface area contributed by atoms with E-state index in [0.717, 1.165) is 42.7 Å². The van der Waals surface area contributed by atoms with Crippen LogP contribution in [-0.4, -0.2) is 23.9 Å². The molecule has 1 heterocycles. The summed E-state index contributed by atoms with van der Waals surface area (Å²) in [5.41, 5.74) is 2.70. The minimum Gasteiger partial charge on any atom is -0.326 e. The SMILES string of the molecule is Cc1c(Cl)cccc1NC(=O)C1CCCN(Cc2ccc(Cl)cc2Cl)C1. The maximum Gasteiger partial charge on any atom is 0.228 e. The standard InChI is InChI=1S/C20H21Cl3N2O/c1-13-17(22)5-2-6-19(13)24-20(26)15-4-3-9-25(12-15)11-14-7-8-16(21)10-18(14)23/h2,5-8,10,15H,3-4,9,11-12H2,1H3,(H,24,26). The number of halogens is 3. The first-order chi connectivity index (χ1) is 12.4. The van der Waals surface area contributed by atoms with Gasteiger partial charge in [0.25, 0.3) is 0 Å². The number of anilines is 1. The van der Waals surface area contributed by atoms with E-state index in [2.05, 4.69) is 10.2 Å². The summed E-state index contributed by atoms with van der Waals surface area (Å²) in [5.74, 6) is -0.00419. The van der Waals surface area contributed by atoms with Gasteiger partial charge in [-0.15, -0.1) is 0 Å². The Morgan fingerprint density at radius 3 is 2.77 bits per heavy atom. The van der Waals surface area contributed by atoms with Crippen LogP contribution in [0.25, 0.3) is 0 Å². The Morgan fingerprint density at radius 1 is 1.19 bits per heavy atom. The van der Waals surface area contributed by atoms with E-state index in [4.69, 9.17) is 34.8 Å². The van der Waals surface area contributed by atoms with E-state index in [9.17, 15) is 4.79 Å². The van der Waals surface area contributed by atoms with Crippen molar-refractivity contribution in [2.24, 2.45) is 5.92 Å². The monoisotopic (exact) mass is 410 g/mol. The number of piperidine rings is 1. The summed E-state index contributed by atoms with van der Waals surface area (Å²) in [4.78, 5) is 15.0. The molecule has 0 aromatic heterocycles. The van der Waals surface area contributed by atoms with Gasteiger partial charge in [-0.2, -0.15) is 0 Å². The molecule has 3 rings (SSSR count). The third-order valence-electron chi connectivity index (χ3n) is 4.81. The van der Waals surface area contributed by atoms with Crippen LogP contribution in [0.5, 0.6) is 0 Å². The summed E-state index contributed by atoms with van der Waals surface area (Å²) in [6.07, 6.45) is 1.87. The van der Waals surface area contributed by atoms with Crippen molar-refractivity contribution in [3.8, 4) is 0 Å². The van der Waals surface area contributed by atoms with E-state index in [-0.39, 0.29) is 11.8 Å². The molecule has 6 heteroatoms. The van der Waals surface area contributed by atoms with Crippen molar-refractivity contribution >= 4 is 46.4 Å². The molecule has 1 amide bonds. The van der Waals surface area contributed by atoms with Crippen LogP contribution in [0.3, 0.4) is 0 Å². The Morgan fingerprint density at radius 2 is 2.00 bits per heavy atom. The number of rotatable bonds is 4. The van der Waals surface area contributed by atoms with Crippen molar-refractivity contribution in [1.29, 1.82) is 0 Å². The first-order valence-electron chi connectivity index (χ1n) is 8.66. The van der Waals surface area contributed by atoms with Crippen molar-refractivity contribution in [1.82, 2.24) is 4.90 Å². The number of amides is 1. The Labute approximate surface area is 169 Å². The molecule has 1 fully saturated rings. The van der Waals surface area contributed by atoms with Gasteiger partial charge >= 0.3 is 0 Å². The lowest BCUT2D eigenvalue weighted by molar-refractivity contribution is -0.121. The molecule has 2 aromatic rings. The Balaban J connectivity index is 1.64. The molecule has 138 valence electrons. The average molecular weight is 412 g/mol. The minimum atomic E-state index is -0.0480. The molecule has 0 bridgehead atoms. The largest absolute Gasteiger partial charge is 0.326 e. The first kappa shape index (κ1) is 19.5. The molecular weight excluding hydrogens is 391 g/mol. The van der Waals surface area contributed by atoms with Crippen molar-refractivity contribution in [3.05, 3.63) is 62.6 Å². The highest BCUT2D eigenvalue weighted by Crippen LogP contribution is 2.27. The number of likely N-dealkylation sites (tertiary alicyclic amines) is 1. The molecule has 26 heavy (non-hydrogen) atoms. The van der Waals surface area contributed by atoms with Crippen molar-refractivity contribution in [3.63, 3.8) is 0 Å². The highest BCUT2D eigenvalue weighted by molar-refractivity contribution is 6.35. The minimum absolute atomic E-state index is 0.0438. The van der Waals surface area contributed by atoms with E-state index < -0.39 is 0 Å². The number of nitrogens with one attached hydrogen (secondary N) is 1. The molecule has 0 aliphatic carbocycles. The number of hydrogen-bond acceptors (Lipinski definition) is 2. The van der Waals surface area contributed by atoms with Crippen molar-refractivity contribution < 1.29 is 4.79 Å². The molecule has 0 saturated carbocycles. The number of benzene rings is 2. The quantitative estimate of drug-likeness (QED) is 0.689. The molecule has 0 radical (unpaired) electrons. The van der Waals surface area contributed by atoms with Gasteiger partial charge in [0.1, 0.15) is 0 Å². The maximum atomic E-state index is 12.7. The zero-order chi connectivity index (χ0) is 18.7. The van der Waals surface area contributed by atoms with E-state index in [0.29, 0.717) is 21.6 Å². The normalized spacial score (nSPS) is 17.9. The van der Waals surface area contributed by atoms with Crippen molar-refractivity contribution in [2.75, 3.05) is 18.4 Å². The highest BCUT2D eigenvalue weighted by atomic mass is 35.5. The van der Waals surface area contributed by atoms with Gasteiger partial charge in [-0.1, -0.05) is 46.9 Å². The second kappa shape index (κ2) is 8.62. The fraction of sp³-hybridized carbons (Fsp3) is 0.350. The van der Waals surface area contributed by atoms with Gasteiger partial charge in [0.15, 0.2) is 0 Å². The van der Waals surface area contributed by atoms with Crippen LogP contribution in [0.2, 0.25) is 15.1 Å². The topological polar surface area (TPSA) is 32.3 Å². The fourth-order valence-electron chi connectivity index (χ4n) is 3.28. The zero-order valence-corrected chi connectivity index (χ0v) is 16.8. The van der Waals surface area contributed by atoms with E-state index in [1.54, 1.807) is 6.07 Å². The molecule has 2 aromatic carbocycles. The van der Waals surface area contributed by atoms with Crippen LogP contribution in [0, 0.1) is 12.8 Å². The molecule has 0 spiro atoms. The summed E-state index contributed by atoms with van der Waals surface area (Å²) >= 11 is 18.4. The molecule has 1 unspecified atom stereocenters. The van der Waals surface area contributed by atoms with Gasteiger partial charge in [0.05, 0.1) is 5.92 Å². The highest BCUT2D eigenvalue weighted by Gasteiger charge is 2.26. The third-order valence-corrected chi connectivity index (χ3v) is 5.81. The first-order valence-corrected chi connectivity index (χ1v) is 9.79. The second-order valence-electron chi connectivity index (χ2n) is 6.71. The Hall–Kier alpha value is -1.26. The predicted molar refractivity (Wildman–Crippen MR) is 109 cm³/mol. The molecule has 1 atom stereocenters. The van der Waals surface area contributed by atoms with Gasteiger partial charge in [0, 0.05) is 33.8 Å². The molecule has 1 N–H and O–H groups in total. The number of hydrogen-bond donors (Lipinski definition) is 1. The van der Waals surface area contributed by atoms with Crippen LogP contribution in [0.4, 0.5) is 5.69 Å². The van der Waals surface area contributed by atoms with Crippen LogP contribution in [-0.2, 0) is 11.3 Å². The molecule has 1 aliphatic rings. The van der Waals surface area contributed by atoms with Gasteiger partial charge in [-0.3, -0.25) is 9.69 Å². The summed E-state index contributed by atoms with van der Waals surface area (Å²) in [6.45, 7) is 4.30. The summed E-state index contributed by atoms with van der Waals surface area (Å²) in [7, 11) is 0. The average Bonchev–Trinajstić information content (AvgIpc) is 2.61. The van der Waals surface area contributed by atoms with Crippen LogP contribution < -0.4 is 5.32 Å². The molecule has 1 aliphatic heterocycles. The maximum absolute atomic E-state index is 12.7. The third kappa shape index (κ3) is 4.72. The predicted octanol–water partition coefficient (Wildman–Crippen LogP) is 5.81. The zero-order valence-electron chi connectivity index (χ0n) is 14.6. The number of carbonyl (C=O) groups is 1. The summed E-state index contributed by atoms with van der Waals surface area (Å²) in [6, 6.07) is 11.1. The van der Waals surface area contributed by atoms with Gasteiger partial charge in [-0.25, -0.2) is 0 Å². The van der Waals surface area contributed by atoms with E-state index in [1.165, 1.54) is 0 Å². The second-order valence-corrected chi connectivity index (χ2v) is 7.96. The van der Waals surface area contributed by atoms with Gasteiger partial charge < -0.3 is 5.32 Å². The number of carbonyl (C=O) groups excluding carboxylic acids is 1. The lowest BCUT2D eigenvalue weighted by atomic mass is 9.96. The summed E-state index contributed by atoms with van der Waals surface area (Å²) in [5, 5.41) is 4.98. The molecule has 3 nitrogen and oxygen atoms in total. The van der Waals surface area contributed by atoms with Crippen LogP contribution >= 0.6 is 34.8 Å². The molecular formula is C20H21Cl3N2O. The van der Waals surface area contributed by atoms with Crippen LogP contribution in [0.15, 0.2) is 36.4 Å². The number of nitrogens with zero attached hydrogens (tertiary/aromatic N) is 1. The molecule has 1 saturated heterocycles. The fourth-order valence-corrected chi connectivity index (χ4v) is 3.92. The smallest absolute Gasteiger partial charge is 0.228 e. The lowest BCUT2D eigenvalue weighted by Gasteiger charge is -2.32. The Bertz CT molecular complexity index is 810. The van der Waals surface area contributed by atoms with E-state index >= 15 is 0 Å². The van der Waals surface area contributed by atoms with Crippen LogP contribution in [0.1, 0.15) is 24.0 Å². The summed E-state index contributed by atoms with van der Waals surface area (Å²) < 4.78 is 0. The lowest BCUT2D eigenvalue weighted by Crippen LogP contribution is -2.40. The van der Waals surface area contributed by atoms with Gasteiger partial charge in [0.2, 0.25) is 5.91 Å². The van der Waals surface area contributed by atoms with E-state index in [1.807, 2.05) is 37.3 Å². The Kier molecular flexibility index (Phi) is 6.46. The van der Waals surface area contributed by atoms with Gasteiger partial charge in [-0.05, 0) is 61.7 Å².